The Bertz CT molecular complexity index is 379. The van der Waals surface area contributed by atoms with E-state index in [9.17, 15) is 8.42 Å². The van der Waals surface area contributed by atoms with Gasteiger partial charge in [0, 0.05) is 18.6 Å². The molecule has 0 atom stereocenters. The first-order valence-corrected chi connectivity index (χ1v) is 9.48. The molecule has 1 saturated carbocycles. The van der Waals surface area contributed by atoms with Crippen LogP contribution < -0.4 is 5.32 Å². The third-order valence-corrected chi connectivity index (χ3v) is 7.04. The SMILES string of the molecule is CCNC1CCC(N(C)CCS(=O)(=O)C(C)(C)C)CC1. The minimum absolute atomic E-state index is 0.264. The van der Waals surface area contributed by atoms with Crippen LogP contribution in [0.4, 0.5) is 0 Å². The highest BCUT2D eigenvalue weighted by Crippen LogP contribution is 2.23. The third kappa shape index (κ3) is 5.01. The van der Waals surface area contributed by atoms with Gasteiger partial charge in [-0.1, -0.05) is 6.92 Å². The Balaban J connectivity index is 2.40. The van der Waals surface area contributed by atoms with Gasteiger partial charge in [-0.05, 0) is 60.0 Å². The summed E-state index contributed by atoms with van der Waals surface area (Å²) in [5, 5.41) is 3.51. The molecule has 4 nitrogen and oxygen atoms in total. The van der Waals surface area contributed by atoms with Crippen LogP contribution in [0.3, 0.4) is 0 Å². The van der Waals surface area contributed by atoms with E-state index in [4.69, 9.17) is 0 Å². The van der Waals surface area contributed by atoms with E-state index in [-0.39, 0.29) is 5.75 Å². The monoisotopic (exact) mass is 304 g/mol. The van der Waals surface area contributed by atoms with Gasteiger partial charge in [-0.15, -0.1) is 0 Å². The van der Waals surface area contributed by atoms with Crippen molar-refractivity contribution in [2.75, 3.05) is 25.9 Å². The fraction of sp³-hybridized carbons (Fsp3) is 1.00. The van der Waals surface area contributed by atoms with Crippen molar-refractivity contribution >= 4 is 9.84 Å². The van der Waals surface area contributed by atoms with Gasteiger partial charge >= 0.3 is 0 Å². The summed E-state index contributed by atoms with van der Waals surface area (Å²) in [6.45, 7) is 9.18. The average molecular weight is 305 g/mol. The van der Waals surface area contributed by atoms with Crippen molar-refractivity contribution < 1.29 is 8.42 Å². The molecule has 0 heterocycles. The van der Waals surface area contributed by atoms with Crippen LogP contribution in [-0.2, 0) is 9.84 Å². The molecular formula is C15H32N2O2S. The zero-order valence-corrected chi connectivity index (χ0v) is 14.6. The lowest BCUT2D eigenvalue weighted by Crippen LogP contribution is -2.43. The maximum atomic E-state index is 12.1. The molecule has 0 saturated heterocycles. The van der Waals surface area contributed by atoms with Crippen molar-refractivity contribution in [1.82, 2.24) is 10.2 Å². The number of nitrogens with zero attached hydrogens (tertiary/aromatic N) is 1. The molecule has 0 aliphatic heterocycles. The molecule has 1 rings (SSSR count). The predicted octanol–water partition coefficient (Wildman–Crippen LogP) is 2.05. The van der Waals surface area contributed by atoms with Crippen molar-refractivity contribution in [3.05, 3.63) is 0 Å². The van der Waals surface area contributed by atoms with Gasteiger partial charge in [0.05, 0.1) is 10.5 Å². The summed E-state index contributed by atoms with van der Waals surface area (Å²) >= 11 is 0. The zero-order valence-electron chi connectivity index (χ0n) is 13.8. The van der Waals surface area contributed by atoms with Gasteiger partial charge in [0.2, 0.25) is 0 Å². The molecule has 0 radical (unpaired) electrons. The Morgan fingerprint density at radius 1 is 1.15 bits per heavy atom. The van der Waals surface area contributed by atoms with Crippen molar-refractivity contribution in [3.63, 3.8) is 0 Å². The number of sulfone groups is 1. The van der Waals surface area contributed by atoms with Gasteiger partial charge in [-0.3, -0.25) is 0 Å². The molecule has 1 aliphatic carbocycles. The number of hydrogen-bond acceptors (Lipinski definition) is 4. The second-order valence-corrected chi connectivity index (χ2v) is 9.84. The van der Waals surface area contributed by atoms with E-state index >= 15 is 0 Å². The quantitative estimate of drug-likeness (QED) is 0.816. The number of hydrogen-bond donors (Lipinski definition) is 1. The van der Waals surface area contributed by atoms with Crippen LogP contribution in [0, 0.1) is 0 Å². The first kappa shape index (κ1) is 17.9. The fourth-order valence-corrected chi connectivity index (χ4v) is 3.90. The van der Waals surface area contributed by atoms with Gasteiger partial charge in [0.15, 0.2) is 9.84 Å². The summed E-state index contributed by atoms with van der Waals surface area (Å²) in [5.41, 5.74) is 0. The van der Waals surface area contributed by atoms with Crippen LogP contribution in [-0.4, -0.2) is 56.0 Å². The second kappa shape index (κ2) is 7.23. The molecule has 0 amide bonds. The zero-order chi connectivity index (χ0) is 15.4. The standard InChI is InChI=1S/C15H32N2O2S/c1-6-16-13-7-9-14(10-8-13)17(5)11-12-20(18,19)15(2,3)4/h13-14,16H,6-12H2,1-5H3. The highest BCUT2D eigenvalue weighted by Gasteiger charge is 2.30. The third-order valence-electron chi connectivity index (χ3n) is 4.46. The lowest BCUT2D eigenvalue weighted by atomic mass is 9.90. The first-order valence-electron chi connectivity index (χ1n) is 7.83. The molecule has 0 bridgehead atoms. The summed E-state index contributed by atoms with van der Waals surface area (Å²) in [6.07, 6.45) is 4.75. The molecule has 0 aromatic heterocycles. The van der Waals surface area contributed by atoms with Crippen molar-refractivity contribution in [1.29, 1.82) is 0 Å². The topological polar surface area (TPSA) is 49.4 Å². The van der Waals surface area contributed by atoms with E-state index in [2.05, 4.69) is 24.2 Å². The van der Waals surface area contributed by atoms with E-state index < -0.39 is 14.6 Å². The lowest BCUT2D eigenvalue weighted by Gasteiger charge is -2.35. The summed E-state index contributed by atoms with van der Waals surface area (Å²) in [6, 6.07) is 1.20. The Morgan fingerprint density at radius 2 is 1.70 bits per heavy atom. The molecule has 0 unspecified atom stereocenters. The largest absolute Gasteiger partial charge is 0.314 e. The Morgan fingerprint density at radius 3 is 2.15 bits per heavy atom. The molecule has 0 spiro atoms. The minimum Gasteiger partial charge on any atom is -0.314 e. The molecule has 0 aromatic rings. The Kier molecular flexibility index (Phi) is 6.48. The molecule has 0 aromatic carbocycles. The smallest absolute Gasteiger partial charge is 0.156 e. The Labute approximate surface area is 125 Å². The molecule has 120 valence electrons. The van der Waals surface area contributed by atoms with Gasteiger partial charge in [0.1, 0.15) is 0 Å². The van der Waals surface area contributed by atoms with Gasteiger partial charge in [0.25, 0.3) is 0 Å². The van der Waals surface area contributed by atoms with Crippen LogP contribution in [0.25, 0.3) is 0 Å². The summed E-state index contributed by atoms with van der Waals surface area (Å²) in [4.78, 5) is 2.24. The van der Waals surface area contributed by atoms with Crippen molar-refractivity contribution in [2.45, 2.75) is 70.2 Å². The highest BCUT2D eigenvalue weighted by atomic mass is 32.2. The molecular weight excluding hydrogens is 272 g/mol. The first-order chi connectivity index (χ1) is 9.17. The van der Waals surface area contributed by atoms with Gasteiger partial charge in [-0.25, -0.2) is 8.42 Å². The summed E-state index contributed by atoms with van der Waals surface area (Å²) < 4.78 is 23.6. The normalized spacial score (nSPS) is 25.1. The number of nitrogens with one attached hydrogen (secondary N) is 1. The lowest BCUT2D eigenvalue weighted by molar-refractivity contribution is 0.182. The minimum atomic E-state index is -3.00. The van der Waals surface area contributed by atoms with Crippen LogP contribution in [0.15, 0.2) is 0 Å². The Hall–Kier alpha value is -0.130. The van der Waals surface area contributed by atoms with Crippen molar-refractivity contribution in [2.24, 2.45) is 0 Å². The number of rotatable bonds is 6. The van der Waals surface area contributed by atoms with E-state index in [1.165, 1.54) is 25.7 Å². The maximum Gasteiger partial charge on any atom is 0.156 e. The van der Waals surface area contributed by atoms with Crippen LogP contribution in [0.2, 0.25) is 0 Å². The van der Waals surface area contributed by atoms with E-state index in [0.29, 0.717) is 18.6 Å². The van der Waals surface area contributed by atoms with Crippen molar-refractivity contribution in [3.8, 4) is 0 Å². The molecule has 20 heavy (non-hydrogen) atoms. The van der Waals surface area contributed by atoms with Crippen LogP contribution in [0.1, 0.15) is 53.4 Å². The maximum absolute atomic E-state index is 12.1. The van der Waals surface area contributed by atoms with Gasteiger partial charge < -0.3 is 10.2 Å². The highest BCUT2D eigenvalue weighted by molar-refractivity contribution is 7.92. The summed E-state index contributed by atoms with van der Waals surface area (Å²) in [5.74, 6) is 0.264. The molecule has 5 heteroatoms. The van der Waals surface area contributed by atoms with E-state index in [0.717, 1.165) is 6.54 Å². The summed E-state index contributed by atoms with van der Waals surface area (Å²) in [7, 11) is -0.939. The molecule has 1 fully saturated rings. The van der Waals surface area contributed by atoms with E-state index in [1.807, 2.05) is 0 Å². The van der Waals surface area contributed by atoms with Crippen LogP contribution >= 0.6 is 0 Å². The van der Waals surface area contributed by atoms with Crippen LogP contribution in [0.5, 0.6) is 0 Å². The fourth-order valence-electron chi connectivity index (χ4n) is 2.76. The molecule has 1 N–H and O–H groups in total. The predicted molar refractivity (Wildman–Crippen MR) is 85.9 cm³/mol. The van der Waals surface area contributed by atoms with Gasteiger partial charge in [-0.2, -0.15) is 0 Å². The second-order valence-electron chi connectivity index (χ2n) is 6.97. The average Bonchev–Trinajstić information content (AvgIpc) is 2.36. The molecule has 1 aliphatic rings. The van der Waals surface area contributed by atoms with E-state index in [1.54, 1.807) is 20.8 Å².